The fourth-order valence-corrected chi connectivity index (χ4v) is 3.28. The van der Waals surface area contributed by atoms with Crippen LogP contribution in [-0.2, 0) is 4.79 Å². The van der Waals surface area contributed by atoms with E-state index in [-0.39, 0.29) is 0 Å². The highest BCUT2D eigenvalue weighted by atomic mass is 16.4. The average molecular weight is 255 g/mol. The Bertz CT molecular complexity index is 298. The summed E-state index contributed by atoms with van der Waals surface area (Å²) in [6.45, 7) is 5.33. The van der Waals surface area contributed by atoms with Gasteiger partial charge in [0.05, 0.1) is 0 Å². The summed E-state index contributed by atoms with van der Waals surface area (Å²) >= 11 is 0. The third-order valence-corrected chi connectivity index (χ3v) is 4.42. The van der Waals surface area contributed by atoms with Gasteiger partial charge in [-0.2, -0.15) is 0 Å². The molecule has 0 amide bonds. The van der Waals surface area contributed by atoms with Crippen molar-refractivity contribution in [2.45, 2.75) is 44.3 Å². The average Bonchev–Trinajstić information content (AvgIpc) is 2.56. The summed E-state index contributed by atoms with van der Waals surface area (Å²) in [5.74, 6) is -0.736. The molecule has 18 heavy (non-hydrogen) atoms. The molecule has 5 nitrogen and oxygen atoms in total. The van der Waals surface area contributed by atoms with Crippen molar-refractivity contribution in [3.05, 3.63) is 0 Å². The van der Waals surface area contributed by atoms with Crippen molar-refractivity contribution in [1.82, 2.24) is 15.1 Å². The largest absolute Gasteiger partial charge is 0.480 e. The number of rotatable bonds is 5. The third kappa shape index (κ3) is 3.02. The SMILES string of the molecule is CCNC(CN1CCC2CCC(C1)N2C)C(=O)O. The van der Waals surface area contributed by atoms with Gasteiger partial charge in [-0.1, -0.05) is 6.92 Å². The van der Waals surface area contributed by atoms with Crippen LogP contribution < -0.4 is 5.32 Å². The number of fused-ring (bicyclic) bond motifs is 2. The fraction of sp³-hybridized carbons (Fsp3) is 0.923. The van der Waals surface area contributed by atoms with Gasteiger partial charge in [0.25, 0.3) is 0 Å². The molecule has 104 valence electrons. The molecular weight excluding hydrogens is 230 g/mol. The van der Waals surface area contributed by atoms with Gasteiger partial charge >= 0.3 is 5.97 Å². The molecule has 2 saturated heterocycles. The normalized spacial score (nSPS) is 31.2. The zero-order valence-electron chi connectivity index (χ0n) is 11.4. The molecule has 3 atom stereocenters. The summed E-state index contributed by atoms with van der Waals surface area (Å²) in [7, 11) is 2.21. The maximum absolute atomic E-state index is 11.2. The standard InChI is InChI=1S/C13H25N3O2/c1-3-14-12(13(17)18)9-16-7-6-10-4-5-11(8-16)15(10)2/h10-12,14H,3-9H2,1-2H3,(H,17,18). The number of nitrogens with zero attached hydrogens (tertiary/aromatic N) is 2. The molecule has 5 heteroatoms. The molecule has 0 saturated carbocycles. The van der Waals surface area contributed by atoms with Gasteiger partial charge in [0, 0.05) is 25.2 Å². The van der Waals surface area contributed by atoms with E-state index in [0.717, 1.165) is 13.1 Å². The Kier molecular flexibility index (Phi) is 4.59. The van der Waals surface area contributed by atoms with Crippen LogP contribution in [-0.4, -0.2) is 72.2 Å². The van der Waals surface area contributed by atoms with E-state index in [1.165, 1.54) is 19.3 Å². The Morgan fingerprint density at radius 2 is 2.11 bits per heavy atom. The zero-order valence-corrected chi connectivity index (χ0v) is 11.4. The summed E-state index contributed by atoms with van der Waals surface area (Å²) in [4.78, 5) is 16.0. The van der Waals surface area contributed by atoms with Gasteiger partial charge in [-0.3, -0.25) is 14.6 Å². The number of carbonyl (C=O) groups is 1. The monoisotopic (exact) mass is 255 g/mol. The van der Waals surface area contributed by atoms with Crippen LogP contribution in [0.5, 0.6) is 0 Å². The van der Waals surface area contributed by atoms with E-state index >= 15 is 0 Å². The summed E-state index contributed by atoms with van der Waals surface area (Å²) < 4.78 is 0. The highest BCUT2D eigenvalue weighted by molar-refractivity contribution is 5.73. The molecule has 2 rings (SSSR count). The second kappa shape index (κ2) is 5.99. The predicted octanol–water partition coefficient (Wildman–Crippen LogP) is 0.218. The van der Waals surface area contributed by atoms with Crippen LogP contribution in [0.1, 0.15) is 26.2 Å². The van der Waals surface area contributed by atoms with Gasteiger partial charge in [0.2, 0.25) is 0 Å². The number of aliphatic carboxylic acids is 1. The quantitative estimate of drug-likeness (QED) is 0.736. The first-order chi connectivity index (χ1) is 8.61. The van der Waals surface area contributed by atoms with E-state index < -0.39 is 12.0 Å². The number of likely N-dealkylation sites (N-methyl/N-ethyl adjacent to an activating group) is 2. The Morgan fingerprint density at radius 1 is 1.39 bits per heavy atom. The van der Waals surface area contributed by atoms with Gasteiger partial charge < -0.3 is 10.4 Å². The van der Waals surface area contributed by atoms with Crippen molar-refractivity contribution in [3.63, 3.8) is 0 Å². The lowest BCUT2D eigenvalue weighted by Gasteiger charge is -2.28. The Morgan fingerprint density at radius 3 is 2.78 bits per heavy atom. The lowest BCUT2D eigenvalue weighted by molar-refractivity contribution is -0.140. The molecule has 2 heterocycles. The van der Waals surface area contributed by atoms with Crippen molar-refractivity contribution in [3.8, 4) is 0 Å². The molecule has 0 spiro atoms. The number of hydrogen-bond acceptors (Lipinski definition) is 4. The van der Waals surface area contributed by atoms with Gasteiger partial charge in [0.15, 0.2) is 0 Å². The molecule has 2 aliphatic heterocycles. The summed E-state index contributed by atoms with van der Waals surface area (Å²) in [6.07, 6.45) is 3.74. The van der Waals surface area contributed by atoms with Gasteiger partial charge in [0.1, 0.15) is 6.04 Å². The molecule has 0 aromatic rings. The minimum absolute atomic E-state index is 0.433. The van der Waals surface area contributed by atoms with Gasteiger partial charge in [-0.25, -0.2) is 0 Å². The summed E-state index contributed by atoms with van der Waals surface area (Å²) in [6, 6.07) is 0.896. The van der Waals surface area contributed by atoms with Crippen molar-refractivity contribution in [1.29, 1.82) is 0 Å². The summed E-state index contributed by atoms with van der Waals surface area (Å²) in [5.41, 5.74) is 0. The third-order valence-electron chi connectivity index (χ3n) is 4.42. The van der Waals surface area contributed by atoms with E-state index in [1.54, 1.807) is 0 Å². The highest BCUT2D eigenvalue weighted by Gasteiger charge is 2.35. The summed E-state index contributed by atoms with van der Waals surface area (Å²) in [5, 5.41) is 12.2. The lowest BCUT2D eigenvalue weighted by Crippen LogP contribution is -2.48. The highest BCUT2D eigenvalue weighted by Crippen LogP contribution is 2.28. The number of hydrogen-bond donors (Lipinski definition) is 2. The topological polar surface area (TPSA) is 55.8 Å². The van der Waals surface area contributed by atoms with Crippen LogP contribution in [0.25, 0.3) is 0 Å². The molecule has 2 N–H and O–H groups in total. The van der Waals surface area contributed by atoms with Crippen LogP contribution in [0.15, 0.2) is 0 Å². The van der Waals surface area contributed by atoms with Crippen molar-refractivity contribution >= 4 is 5.97 Å². The van der Waals surface area contributed by atoms with E-state index in [0.29, 0.717) is 25.2 Å². The number of carboxylic acids is 1. The Labute approximate surface area is 109 Å². The van der Waals surface area contributed by atoms with E-state index in [4.69, 9.17) is 0 Å². The zero-order chi connectivity index (χ0) is 13.1. The van der Waals surface area contributed by atoms with Crippen molar-refractivity contribution in [2.75, 3.05) is 33.2 Å². The molecule has 3 unspecified atom stereocenters. The van der Waals surface area contributed by atoms with Crippen LogP contribution in [0, 0.1) is 0 Å². The Hall–Kier alpha value is -0.650. The first-order valence-electron chi connectivity index (χ1n) is 7.02. The van der Waals surface area contributed by atoms with Crippen LogP contribution >= 0.6 is 0 Å². The smallest absolute Gasteiger partial charge is 0.322 e. The maximum atomic E-state index is 11.2. The second-order valence-electron chi connectivity index (χ2n) is 5.55. The molecule has 2 aliphatic rings. The number of nitrogens with one attached hydrogen (secondary N) is 1. The first-order valence-corrected chi connectivity index (χ1v) is 7.02. The molecule has 0 radical (unpaired) electrons. The van der Waals surface area contributed by atoms with Crippen LogP contribution in [0.4, 0.5) is 0 Å². The first kappa shape index (κ1) is 13.8. The lowest BCUT2D eigenvalue weighted by atomic mass is 10.1. The minimum Gasteiger partial charge on any atom is -0.480 e. The molecule has 0 aliphatic carbocycles. The Balaban J connectivity index is 1.91. The van der Waals surface area contributed by atoms with Gasteiger partial charge in [-0.15, -0.1) is 0 Å². The molecule has 2 bridgehead atoms. The van der Waals surface area contributed by atoms with Crippen LogP contribution in [0.2, 0.25) is 0 Å². The predicted molar refractivity (Wildman–Crippen MR) is 70.7 cm³/mol. The maximum Gasteiger partial charge on any atom is 0.322 e. The minimum atomic E-state index is -0.736. The molecule has 0 aromatic heterocycles. The van der Waals surface area contributed by atoms with Crippen molar-refractivity contribution in [2.24, 2.45) is 0 Å². The van der Waals surface area contributed by atoms with Gasteiger partial charge in [-0.05, 0) is 39.4 Å². The van der Waals surface area contributed by atoms with E-state index in [1.807, 2.05) is 6.92 Å². The molecule has 0 aromatic carbocycles. The van der Waals surface area contributed by atoms with E-state index in [2.05, 4.69) is 22.2 Å². The number of carboxylic acid groups (broad SMARTS) is 1. The van der Waals surface area contributed by atoms with Crippen molar-refractivity contribution < 1.29 is 9.90 Å². The van der Waals surface area contributed by atoms with Crippen LogP contribution in [0.3, 0.4) is 0 Å². The second-order valence-corrected chi connectivity index (χ2v) is 5.55. The van der Waals surface area contributed by atoms with E-state index in [9.17, 15) is 9.90 Å². The molecular formula is C13H25N3O2. The molecule has 2 fully saturated rings. The fourth-order valence-electron chi connectivity index (χ4n) is 3.28. The number of likely N-dealkylation sites (tertiary alicyclic amines) is 1.